The molecule has 408 valence electrons. The molecule has 3 aliphatic heterocycles. The third-order valence-corrected chi connectivity index (χ3v) is 16.5. The second-order valence-electron chi connectivity index (χ2n) is 16.0. The van der Waals surface area contributed by atoms with Crippen molar-refractivity contribution in [2.24, 2.45) is 7.05 Å². The Kier molecular flexibility index (Phi) is 16.1. The molecule has 8 heterocycles. The van der Waals surface area contributed by atoms with E-state index < -0.39 is 142 Å². The number of methoxy groups -OCH3 is 2. The predicted molar refractivity (Wildman–Crippen MR) is 229 cm³/mol. The SMILES string of the molecule is CNc1ncnc2c1ncn2[C@@H]1O[C@H](COP(=O)([O-])OP(=O)([O-])OP(=O)([O-])OC[C@H]2O[C@@H]([n+]3cn(C)c4c(=O)[nH]c(N)nc43)C(O)[C@H]2OC)C(OP(=O)([O-])OC[C@H]2O[C@@H](n3ccc(=O)[nH]c3=O)[C@@H](O)C2O)[C@@H]1OC. The Labute approximate surface area is 411 Å². The van der Waals surface area contributed by atoms with E-state index in [1.165, 1.54) is 34.1 Å². The highest BCUT2D eigenvalue weighted by Gasteiger charge is 2.52. The number of nitrogen functional groups attached to an aromatic ring is 1. The molecular formula is C33H43N12O25P4-3. The lowest BCUT2D eigenvalue weighted by molar-refractivity contribution is -0.745. The van der Waals surface area contributed by atoms with Gasteiger partial charge in [-0.2, -0.15) is 0 Å². The quantitative estimate of drug-likeness (QED) is 0.0265. The summed E-state index contributed by atoms with van der Waals surface area (Å²) in [7, 11) is -19.6. The highest BCUT2D eigenvalue weighted by Crippen LogP contribution is 2.63. The van der Waals surface area contributed by atoms with Gasteiger partial charge in [0, 0.05) is 33.5 Å². The largest absolute Gasteiger partial charge is 0.756 e. The molecular weight excluding hydrogens is 1090 g/mol. The smallest absolute Gasteiger partial charge is 0.330 e. The van der Waals surface area contributed by atoms with E-state index in [4.69, 9.17) is 43.0 Å². The first kappa shape index (κ1) is 55.6. The van der Waals surface area contributed by atoms with Crippen LogP contribution in [-0.2, 0) is 75.7 Å². The molecule has 37 nitrogen and oxygen atoms in total. The maximum absolute atomic E-state index is 13.5. The monoisotopic (exact) mass is 1130 g/mol. The number of aliphatic hydroxyl groups excluding tert-OH is 3. The van der Waals surface area contributed by atoms with E-state index in [0.29, 0.717) is 4.57 Å². The number of hydrogen-bond acceptors (Lipinski definition) is 31. The van der Waals surface area contributed by atoms with E-state index in [9.17, 15) is 67.5 Å². The molecule has 0 amide bonds. The van der Waals surface area contributed by atoms with E-state index in [1.807, 2.05) is 4.98 Å². The third kappa shape index (κ3) is 11.5. The van der Waals surface area contributed by atoms with Crippen molar-refractivity contribution in [3.8, 4) is 0 Å². The summed E-state index contributed by atoms with van der Waals surface area (Å²) in [5.74, 6) is -0.0747. The molecule has 0 spiro atoms. The van der Waals surface area contributed by atoms with Crippen LogP contribution in [0, 0.1) is 0 Å². The molecule has 5 aromatic rings. The van der Waals surface area contributed by atoms with Gasteiger partial charge < -0.3 is 87.7 Å². The summed E-state index contributed by atoms with van der Waals surface area (Å²) in [6, 6.07) is 0.909. The van der Waals surface area contributed by atoms with E-state index in [2.05, 4.69) is 43.4 Å². The van der Waals surface area contributed by atoms with E-state index >= 15 is 0 Å². The molecule has 5 aromatic heterocycles. The van der Waals surface area contributed by atoms with Gasteiger partial charge in [-0.1, -0.05) is 4.98 Å². The van der Waals surface area contributed by atoms with Gasteiger partial charge in [0.2, 0.25) is 11.7 Å². The Balaban J connectivity index is 0.942. The van der Waals surface area contributed by atoms with Gasteiger partial charge in [0.15, 0.2) is 30.2 Å². The molecule has 41 heteroatoms. The van der Waals surface area contributed by atoms with Crippen LogP contribution < -0.4 is 52.0 Å². The maximum atomic E-state index is 13.5. The van der Waals surface area contributed by atoms with Crippen molar-refractivity contribution in [3.63, 3.8) is 0 Å². The van der Waals surface area contributed by atoms with Gasteiger partial charge in [-0.15, -0.1) is 0 Å². The average Bonchev–Trinajstić information content (AvgIpc) is 4.11. The van der Waals surface area contributed by atoms with E-state index in [1.54, 1.807) is 0 Å². The first-order chi connectivity index (χ1) is 34.8. The molecule has 3 aliphatic rings. The zero-order valence-corrected chi connectivity index (χ0v) is 41.8. The number of phosphoric acid groups is 4. The second-order valence-corrected chi connectivity index (χ2v) is 21.9. The fraction of sp³-hybridized carbons (Fsp3) is 0.576. The minimum absolute atomic E-state index is 0.00211. The Morgan fingerprint density at radius 2 is 1.41 bits per heavy atom. The molecule has 3 saturated heterocycles. The standard InChI is InChI=1S/C33H46N12O25P4/c1-35-25-17-26(37-10-36-25)44(11-38-17)31-24(61-4)23(68-71(52,53)62-7-13-19(47)20(48)29(65-13)43-6-5-16(46)39-33(43)51)15(67-31)9-64-73(56,57)70-74(58,59)69-72(54,55)63-8-14-22(60-3)21(49)30(66-14)45-12-42(2)18-27(45)40-32(34)41-28(18)50/h5-6,10-15,19-24,29-31,47-49H,7-9H2,1-4H3,(H8-,34,35,36,37,39,40,41,46,50,51,52,53,54,55,56,57,58,59)/p-3/t13-,14-,15-,19?,20+,21?,22+,23?,24+,29-,30-,31-/m1/s1. The molecule has 0 saturated carbocycles. The van der Waals surface area contributed by atoms with Crippen LogP contribution in [0.15, 0.2) is 45.6 Å². The van der Waals surface area contributed by atoms with Gasteiger partial charge in [-0.3, -0.25) is 51.5 Å². The molecule has 8 N–H and O–H groups in total. The van der Waals surface area contributed by atoms with Gasteiger partial charge in [-0.25, -0.2) is 32.9 Å². The normalized spacial score (nSPS) is 30.6. The lowest BCUT2D eigenvalue weighted by Crippen LogP contribution is -2.46. The number of aromatic amines is 2. The van der Waals surface area contributed by atoms with Gasteiger partial charge in [0.25, 0.3) is 48.4 Å². The zero-order valence-electron chi connectivity index (χ0n) is 38.2. The number of anilines is 2. The number of aryl methyl sites for hydroxylation is 1. The molecule has 3 fully saturated rings. The predicted octanol–water partition coefficient (Wildman–Crippen LogP) is -6.29. The third-order valence-electron chi connectivity index (χ3n) is 11.4. The van der Waals surface area contributed by atoms with Crippen LogP contribution in [0.4, 0.5) is 11.8 Å². The summed E-state index contributed by atoms with van der Waals surface area (Å²) in [6.07, 6.45) is -15.5. The van der Waals surface area contributed by atoms with Gasteiger partial charge in [0.1, 0.15) is 66.8 Å². The van der Waals surface area contributed by atoms with Crippen molar-refractivity contribution in [2.75, 3.05) is 52.1 Å². The van der Waals surface area contributed by atoms with Crippen LogP contribution in [-0.4, -0.2) is 155 Å². The number of H-pyrrole nitrogens is 2. The topological polar surface area (TPSA) is 514 Å². The molecule has 74 heavy (non-hydrogen) atoms. The summed E-state index contributed by atoms with van der Waals surface area (Å²) in [4.78, 5) is 109. The first-order valence-electron chi connectivity index (χ1n) is 21.0. The van der Waals surface area contributed by atoms with Crippen LogP contribution >= 0.6 is 31.3 Å². The number of imidazole rings is 2. The maximum Gasteiger partial charge on any atom is 0.330 e. The van der Waals surface area contributed by atoms with Gasteiger partial charge >= 0.3 is 11.3 Å². The number of nitrogens with one attached hydrogen (secondary N) is 3. The minimum Gasteiger partial charge on any atom is -0.756 e. The fourth-order valence-corrected chi connectivity index (χ4v) is 12.5. The molecule has 0 aliphatic carbocycles. The summed E-state index contributed by atoms with van der Waals surface area (Å²) < 4.78 is 112. The summed E-state index contributed by atoms with van der Waals surface area (Å²) in [5.41, 5.74) is 3.32. The average molecular weight is 1130 g/mol. The van der Waals surface area contributed by atoms with Gasteiger partial charge in [-0.05, 0) is 0 Å². The number of phosphoric ester groups is 3. The molecule has 7 unspecified atom stereocenters. The summed E-state index contributed by atoms with van der Waals surface area (Å²) in [5, 5.41) is 35.1. The molecule has 16 atom stereocenters. The van der Waals surface area contributed by atoms with E-state index in [-0.39, 0.29) is 34.1 Å². The summed E-state index contributed by atoms with van der Waals surface area (Å²) in [6.45, 7) is -3.59. The number of nitrogens with zero attached hydrogens (tertiary/aromatic N) is 8. The fourth-order valence-electron chi connectivity index (χ4n) is 8.20. The second kappa shape index (κ2) is 21.4. The van der Waals surface area contributed by atoms with Crippen molar-refractivity contribution in [1.82, 2.24) is 43.6 Å². The molecule has 0 aromatic carbocycles. The van der Waals surface area contributed by atoms with Crippen LogP contribution in [0.5, 0.6) is 0 Å². The van der Waals surface area contributed by atoms with E-state index in [0.717, 1.165) is 39.1 Å². The van der Waals surface area contributed by atoms with Crippen LogP contribution in [0.3, 0.4) is 0 Å². The lowest BCUT2D eigenvalue weighted by Gasteiger charge is -2.35. The summed E-state index contributed by atoms with van der Waals surface area (Å²) >= 11 is 0. The lowest BCUT2D eigenvalue weighted by atomic mass is 10.1. The Morgan fingerprint density at radius 3 is 2.04 bits per heavy atom. The number of fused-ring (bicyclic) bond motifs is 2. The van der Waals surface area contributed by atoms with Crippen molar-refractivity contribution >= 4 is 65.4 Å². The molecule has 0 radical (unpaired) electrons. The van der Waals surface area contributed by atoms with Crippen molar-refractivity contribution in [2.45, 2.75) is 73.6 Å². The Hall–Kier alpha value is -4.62. The highest BCUT2D eigenvalue weighted by atomic mass is 31.3. The van der Waals surface area contributed by atoms with Crippen LogP contribution in [0.1, 0.15) is 18.7 Å². The van der Waals surface area contributed by atoms with Crippen LogP contribution in [0.2, 0.25) is 0 Å². The number of aliphatic hydroxyl groups is 3. The Bertz CT molecular complexity index is 3260. The number of rotatable bonds is 21. The number of aromatic nitrogens is 10. The van der Waals surface area contributed by atoms with Gasteiger partial charge in [0.05, 0.1) is 33.2 Å². The Morgan fingerprint density at radius 1 is 0.784 bits per heavy atom. The van der Waals surface area contributed by atoms with Crippen molar-refractivity contribution in [3.05, 3.63) is 62.4 Å². The highest BCUT2D eigenvalue weighted by molar-refractivity contribution is 7.65. The molecule has 8 rings (SSSR count). The molecule has 0 bridgehead atoms. The number of hydrogen-bond donors (Lipinski definition) is 7. The minimum atomic E-state index is -6.56. The van der Waals surface area contributed by atoms with Crippen molar-refractivity contribution in [1.29, 1.82) is 0 Å². The first-order valence-corrected chi connectivity index (χ1v) is 26.9. The van der Waals surface area contributed by atoms with Crippen molar-refractivity contribution < 1.29 is 108 Å². The zero-order chi connectivity index (χ0) is 53.8. The number of ether oxygens (including phenoxy) is 5. The van der Waals surface area contributed by atoms with Crippen LogP contribution in [0.25, 0.3) is 22.3 Å². The number of nitrogens with two attached hydrogens (primary N) is 1.